The first-order valence-electron chi connectivity index (χ1n) is 8.04. The van der Waals surface area contributed by atoms with Gasteiger partial charge in [-0.3, -0.25) is 4.90 Å². The Morgan fingerprint density at radius 1 is 1.27 bits per heavy atom. The number of halogens is 2. The third kappa shape index (κ3) is 5.11. The number of ether oxygens (including phenoxy) is 1. The second kappa shape index (κ2) is 10.0. The summed E-state index contributed by atoms with van der Waals surface area (Å²) in [4.78, 5) is 2.51. The smallest absolute Gasteiger partial charge is 0.165 e. The monoisotopic (exact) mass is 330 g/mol. The summed E-state index contributed by atoms with van der Waals surface area (Å²) in [5, 5.41) is 3.39. The topological polar surface area (TPSA) is 24.5 Å². The van der Waals surface area contributed by atoms with Crippen LogP contribution in [0.15, 0.2) is 18.2 Å². The van der Waals surface area contributed by atoms with Crippen LogP contribution in [0, 0.1) is 5.82 Å². The third-order valence-corrected chi connectivity index (χ3v) is 4.23. The molecule has 22 heavy (non-hydrogen) atoms. The van der Waals surface area contributed by atoms with Gasteiger partial charge in [-0.15, -0.1) is 12.4 Å². The quantitative estimate of drug-likeness (QED) is 0.770. The molecule has 1 aromatic carbocycles. The van der Waals surface area contributed by atoms with Crippen molar-refractivity contribution in [2.24, 2.45) is 0 Å². The van der Waals surface area contributed by atoms with E-state index in [2.05, 4.69) is 17.1 Å². The van der Waals surface area contributed by atoms with Gasteiger partial charge in [0.05, 0.1) is 7.11 Å². The van der Waals surface area contributed by atoms with Gasteiger partial charge in [-0.05, 0) is 24.1 Å². The van der Waals surface area contributed by atoms with Gasteiger partial charge in [0.25, 0.3) is 0 Å². The van der Waals surface area contributed by atoms with E-state index < -0.39 is 0 Å². The molecule has 1 aliphatic rings. The van der Waals surface area contributed by atoms with Crippen molar-refractivity contribution in [2.75, 3.05) is 33.3 Å². The van der Waals surface area contributed by atoms with E-state index in [0.29, 0.717) is 11.8 Å². The molecule has 0 aliphatic carbocycles. The number of nitrogens with zero attached hydrogens (tertiary/aromatic N) is 1. The lowest BCUT2D eigenvalue weighted by molar-refractivity contribution is 0.162. The van der Waals surface area contributed by atoms with Crippen LogP contribution in [-0.4, -0.2) is 38.2 Å². The summed E-state index contributed by atoms with van der Waals surface area (Å²) in [6.45, 7) is 6.39. The summed E-state index contributed by atoms with van der Waals surface area (Å²) in [6, 6.07) is 5.68. The molecule has 1 aromatic rings. The predicted octanol–water partition coefficient (Wildman–Crippen LogP) is 3.78. The van der Waals surface area contributed by atoms with Crippen LogP contribution in [0.2, 0.25) is 0 Å². The Kier molecular flexibility index (Phi) is 8.76. The summed E-state index contributed by atoms with van der Waals surface area (Å²) in [7, 11) is 1.53. The van der Waals surface area contributed by atoms with E-state index >= 15 is 0 Å². The average molecular weight is 331 g/mol. The number of unbranched alkanes of at least 4 members (excludes halogenated alkanes) is 2. The molecule has 5 heteroatoms. The molecule has 0 bridgehead atoms. The maximum atomic E-state index is 13.6. The van der Waals surface area contributed by atoms with Crippen LogP contribution in [-0.2, 0) is 0 Å². The maximum Gasteiger partial charge on any atom is 0.165 e. The SMILES string of the molecule is CCCCC[C@H](c1ccc(F)c(OC)c1)N1CCNCC1.Cl. The molecule has 0 radical (unpaired) electrons. The van der Waals surface area contributed by atoms with Crippen molar-refractivity contribution in [3.8, 4) is 5.75 Å². The van der Waals surface area contributed by atoms with Crippen molar-refractivity contribution in [3.05, 3.63) is 29.6 Å². The second-order valence-electron chi connectivity index (χ2n) is 5.69. The molecule has 3 nitrogen and oxygen atoms in total. The Morgan fingerprint density at radius 2 is 2.00 bits per heavy atom. The Bertz CT molecular complexity index is 439. The van der Waals surface area contributed by atoms with Gasteiger partial charge in [-0.2, -0.15) is 0 Å². The highest BCUT2D eigenvalue weighted by molar-refractivity contribution is 5.85. The molecule has 1 fully saturated rings. The number of piperazine rings is 1. The van der Waals surface area contributed by atoms with E-state index in [9.17, 15) is 4.39 Å². The largest absolute Gasteiger partial charge is 0.494 e. The van der Waals surface area contributed by atoms with E-state index in [-0.39, 0.29) is 18.2 Å². The van der Waals surface area contributed by atoms with Gasteiger partial charge in [-0.25, -0.2) is 4.39 Å². The molecule has 0 unspecified atom stereocenters. The first-order chi connectivity index (χ1) is 10.3. The van der Waals surface area contributed by atoms with Crippen LogP contribution in [0.4, 0.5) is 4.39 Å². The van der Waals surface area contributed by atoms with Crippen LogP contribution < -0.4 is 10.1 Å². The third-order valence-electron chi connectivity index (χ3n) is 4.23. The minimum atomic E-state index is -0.283. The zero-order chi connectivity index (χ0) is 15.1. The van der Waals surface area contributed by atoms with Crippen molar-refractivity contribution in [1.29, 1.82) is 0 Å². The van der Waals surface area contributed by atoms with Crippen LogP contribution in [0.3, 0.4) is 0 Å². The molecule has 0 amide bonds. The summed E-state index contributed by atoms with van der Waals surface area (Å²) in [6.07, 6.45) is 4.81. The number of benzene rings is 1. The lowest BCUT2D eigenvalue weighted by Crippen LogP contribution is -2.45. The average Bonchev–Trinajstić information content (AvgIpc) is 2.53. The zero-order valence-corrected chi connectivity index (χ0v) is 14.4. The molecule has 0 spiro atoms. The zero-order valence-electron chi connectivity index (χ0n) is 13.6. The minimum Gasteiger partial charge on any atom is -0.494 e. The van der Waals surface area contributed by atoms with Crippen molar-refractivity contribution in [1.82, 2.24) is 10.2 Å². The minimum absolute atomic E-state index is 0. The molecule has 2 rings (SSSR count). The number of rotatable bonds is 7. The van der Waals surface area contributed by atoms with E-state index in [0.717, 1.165) is 32.6 Å². The molecule has 0 saturated carbocycles. The Hall–Kier alpha value is -0.840. The van der Waals surface area contributed by atoms with Crippen LogP contribution in [0.5, 0.6) is 5.75 Å². The van der Waals surface area contributed by atoms with E-state index in [1.165, 1.54) is 38.0 Å². The highest BCUT2D eigenvalue weighted by Crippen LogP contribution is 2.30. The van der Waals surface area contributed by atoms with Crippen LogP contribution >= 0.6 is 12.4 Å². The molecule has 1 aliphatic heterocycles. The highest BCUT2D eigenvalue weighted by atomic mass is 35.5. The van der Waals surface area contributed by atoms with Gasteiger partial charge in [0.15, 0.2) is 11.6 Å². The Morgan fingerprint density at radius 3 is 2.64 bits per heavy atom. The van der Waals surface area contributed by atoms with Crippen molar-refractivity contribution >= 4 is 12.4 Å². The van der Waals surface area contributed by atoms with Gasteiger partial charge in [-0.1, -0.05) is 32.3 Å². The molecule has 1 atom stereocenters. The van der Waals surface area contributed by atoms with Crippen molar-refractivity contribution in [2.45, 2.75) is 38.6 Å². The van der Waals surface area contributed by atoms with Gasteiger partial charge < -0.3 is 10.1 Å². The highest BCUT2D eigenvalue weighted by Gasteiger charge is 2.22. The van der Waals surface area contributed by atoms with Gasteiger partial charge >= 0.3 is 0 Å². The number of hydrogen-bond acceptors (Lipinski definition) is 3. The number of hydrogen-bond donors (Lipinski definition) is 1. The molecular weight excluding hydrogens is 303 g/mol. The molecule has 1 N–H and O–H groups in total. The summed E-state index contributed by atoms with van der Waals surface area (Å²) >= 11 is 0. The molecule has 1 heterocycles. The van der Waals surface area contributed by atoms with Gasteiger partial charge in [0.2, 0.25) is 0 Å². The predicted molar refractivity (Wildman–Crippen MR) is 91.5 cm³/mol. The normalized spacial score (nSPS) is 16.9. The number of methoxy groups -OCH3 is 1. The molecule has 126 valence electrons. The Labute approximate surface area is 139 Å². The first-order valence-corrected chi connectivity index (χ1v) is 8.04. The van der Waals surface area contributed by atoms with Crippen molar-refractivity contribution in [3.63, 3.8) is 0 Å². The van der Waals surface area contributed by atoms with Crippen molar-refractivity contribution < 1.29 is 9.13 Å². The lowest BCUT2D eigenvalue weighted by atomic mass is 9.98. The summed E-state index contributed by atoms with van der Waals surface area (Å²) < 4.78 is 18.8. The van der Waals surface area contributed by atoms with E-state index in [1.807, 2.05) is 12.1 Å². The fraction of sp³-hybridized carbons (Fsp3) is 0.647. The van der Waals surface area contributed by atoms with Crippen LogP contribution in [0.25, 0.3) is 0 Å². The maximum absolute atomic E-state index is 13.6. The first kappa shape index (κ1) is 19.2. The van der Waals surface area contributed by atoms with Crippen LogP contribution in [0.1, 0.15) is 44.2 Å². The summed E-state index contributed by atoms with van der Waals surface area (Å²) in [5.74, 6) is 0.0667. The standard InChI is InChI=1S/C17H27FN2O.ClH/c1-3-4-5-6-16(20-11-9-19-10-12-20)14-7-8-15(18)17(13-14)21-2;/h7-8,13,16,19H,3-6,9-12H2,1-2H3;1H/t16-;/m1./s1. The van der Waals surface area contributed by atoms with E-state index in [4.69, 9.17) is 4.74 Å². The van der Waals surface area contributed by atoms with Gasteiger partial charge in [0.1, 0.15) is 0 Å². The summed E-state index contributed by atoms with van der Waals surface area (Å²) in [5.41, 5.74) is 1.17. The second-order valence-corrected chi connectivity index (χ2v) is 5.69. The fourth-order valence-corrected chi connectivity index (χ4v) is 3.03. The molecule has 1 saturated heterocycles. The fourth-order valence-electron chi connectivity index (χ4n) is 3.03. The number of nitrogens with one attached hydrogen (secondary N) is 1. The van der Waals surface area contributed by atoms with Gasteiger partial charge in [0, 0.05) is 32.2 Å². The van der Waals surface area contributed by atoms with E-state index in [1.54, 1.807) is 0 Å². The Balaban J connectivity index is 0.00000242. The lowest BCUT2D eigenvalue weighted by Gasteiger charge is -2.35. The molecular formula is C17H28ClFN2O. The molecule has 0 aromatic heterocycles.